The van der Waals surface area contributed by atoms with Crippen molar-refractivity contribution in [3.05, 3.63) is 57.4 Å². The maximum absolute atomic E-state index is 13.9. The van der Waals surface area contributed by atoms with E-state index in [0.29, 0.717) is 5.56 Å². The second-order valence-corrected chi connectivity index (χ2v) is 6.41. The molecule has 2 rings (SSSR count). The quantitative estimate of drug-likeness (QED) is 0.613. The summed E-state index contributed by atoms with van der Waals surface area (Å²) < 4.78 is 13.9. The zero-order chi connectivity index (χ0) is 18.0. The van der Waals surface area contributed by atoms with E-state index in [2.05, 4.69) is 0 Å². The SMILES string of the molecule is Cc1cc(C)c(C(O)CCC(O)c2cc(N)c(Cl)cc2F)cc1O. The van der Waals surface area contributed by atoms with Crippen LogP contribution in [0.5, 0.6) is 5.75 Å². The molecule has 0 saturated carbocycles. The van der Waals surface area contributed by atoms with E-state index in [-0.39, 0.29) is 34.9 Å². The fourth-order valence-corrected chi connectivity index (χ4v) is 2.83. The Morgan fingerprint density at radius 1 is 1.00 bits per heavy atom. The van der Waals surface area contributed by atoms with Crippen molar-refractivity contribution in [1.82, 2.24) is 0 Å². The van der Waals surface area contributed by atoms with Gasteiger partial charge >= 0.3 is 0 Å². The van der Waals surface area contributed by atoms with Gasteiger partial charge in [0.15, 0.2) is 0 Å². The molecule has 0 saturated heterocycles. The van der Waals surface area contributed by atoms with Crippen LogP contribution in [0.3, 0.4) is 0 Å². The highest BCUT2D eigenvalue weighted by Gasteiger charge is 2.19. The molecule has 2 atom stereocenters. The van der Waals surface area contributed by atoms with E-state index in [1.54, 1.807) is 13.0 Å². The van der Waals surface area contributed by atoms with Gasteiger partial charge in [0.2, 0.25) is 0 Å². The summed E-state index contributed by atoms with van der Waals surface area (Å²) in [5.41, 5.74) is 8.02. The molecule has 0 aromatic heterocycles. The number of aliphatic hydroxyl groups excluding tert-OH is 2. The minimum absolute atomic E-state index is 0.0487. The van der Waals surface area contributed by atoms with Crippen LogP contribution in [0, 0.1) is 19.7 Å². The Morgan fingerprint density at radius 3 is 2.21 bits per heavy atom. The molecule has 2 unspecified atom stereocenters. The molecule has 5 N–H and O–H groups in total. The summed E-state index contributed by atoms with van der Waals surface area (Å²) in [6, 6.07) is 5.66. The van der Waals surface area contributed by atoms with E-state index in [4.69, 9.17) is 17.3 Å². The Bertz CT molecular complexity index is 688. The number of aryl methyl sites for hydroxylation is 2. The van der Waals surface area contributed by atoms with Crippen molar-refractivity contribution in [2.75, 3.05) is 5.73 Å². The van der Waals surface area contributed by atoms with Crippen LogP contribution in [-0.4, -0.2) is 15.3 Å². The molecule has 0 amide bonds. The Labute approximate surface area is 145 Å². The smallest absolute Gasteiger partial charge is 0.130 e. The average Bonchev–Trinajstić information content (AvgIpc) is 2.51. The maximum Gasteiger partial charge on any atom is 0.130 e. The van der Waals surface area contributed by atoms with Crippen LogP contribution in [0.1, 0.15) is 47.3 Å². The summed E-state index contributed by atoms with van der Waals surface area (Å²) in [6.45, 7) is 3.61. The predicted molar refractivity (Wildman–Crippen MR) is 92.6 cm³/mol. The molecule has 0 bridgehead atoms. The lowest BCUT2D eigenvalue weighted by Gasteiger charge is -2.18. The Hall–Kier alpha value is -1.82. The maximum atomic E-state index is 13.9. The van der Waals surface area contributed by atoms with Gasteiger partial charge in [-0.15, -0.1) is 0 Å². The topological polar surface area (TPSA) is 86.7 Å². The van der Waals surface area contributed by atoms with Crippen LogP contribution in [0.25, 0.3) is 0 Å². The van der Waals surface area contributed by atoms with Gasteiger partial charge in [-0.2, -0.15) is 0 Å². The van der Waals surface area contributed by atoms with Crippen molar-refractivity contribution < 1.29 is 19.7 Å². The van der Waals surface area contributed by atoms with Crippen LogP contribution in [0.15, 0.2) is 24.3 Å². The average molecular weight is 354 g/mol. The predicted octanol–water partition coefficient (Wildman–Crippen LogP) is 3.93. The van der Waals surface area contributed by atoms with Gasteiger partial charge in [0.1, 0.15) is 11.6 Å². The second-order valence-electron chi connectivity index (χ2n) is 6.00. The largest absolute Gasteiger partial charge is 0.508 e. The Balaban J connectivity index is 2.10. The van der Waals surface area contributed by atoms with Gasteiger partial charge in [-0.05, 0) is 61.6 Å². The van der Waals surface area contributed by atoms with Gasteiger partial charge in [-0.1, -0.05) is 17.7 Å². The highest BCUT2D eigenvalue weighted by Crippen LogP contribution is 2.32. The molecule has 2 aromatic rings. The number of benzene rings is 2. The first-order valence-electron chi connectivity index (χ1n) is 7.61. The lowest BCUT2D eigenvalue weighted by atomic mass is 9.95. The number of aromatic hydroxyl groups is 1. The van der Waals surface area contributed by atoms with Crippen molar-refractivity contribution in [3.63, 3.8) is 0 Å². The fourth-order valence-electron chi connectivity index (χ4n) is 2.68. The molecule has 0 aliphatic heterocycles. The van der Waals surface area contributed by atoms with Crippen LogP contribution < -0.4 is 5.73 Å². The first-order chi connectivity index (χ1) is 11.2. The number of halogens is 2. The second kappa shape index (κ2) is 7.38. The Morgan fingerprint density at radius 2 is 1.58 bits per heavy atom. The van der Waals surface area contributed by atoms with Crippen molar-refractivity contribution >= 4 is 17.3 Å². The lowest BCUT2D eigenvalue weighted by Crippen LogP contribution is -2.07. The van der Waals surface area contributed by atoms with Crippen LogP contribution in [0.4, 0.5) is 10.1 Å². The summed E-state index contributed by atoms with van der Waals surface area (Å²) in [4.78, 5) is 0. The molecule has 0 fully saturated rings. The minimum Gasteiger partial charge on any atom is -0.508 e. The summed E-state index contributed by atoms with van der Waals surface area (Å²) in [7, 11) is 0. The van der Waals surface area contributed by atoms with E-state index in [1.807, 2.05) is 6.92 Å². The minimum atomic E-state index is -1.11. The number of phenols is 1. The molecule has 4 nitrogen and oxygen atoms in total. The van der Waals surface area contributed by atoms with Crippen molar-refractivity contribution in [2.45, 2.75) is 38.9 Å². The fraction of sp³-hybridized carbons (Fsp3) is 0.333. The zero-order valence-corrected chi connectivity index (χ0v) is 14.3. The summed E-state index contributed by atoms with van der Waals surface area (Å²) >= 11 is 5.73. The van der Waals surface area contributed by atoms with Crippen molar-refractivity contribution in [1.29, 1.82) is 0 Å². The van der Waals surface area contributed by atoms with E-state index in [1.165, 1.54) is 12.1 Å². The first kappa shape index (κ1) is 18.5. The number of aliphatic hydroxyl groups is 2. The zero-order valence-electron chi connectivity index (χ0n) is 13.6. The lowest BCUT2D eigenvalue weighted by molar-refractivity contribution is 0.112. The third-order valence-electron chi connectivity index (χ3n) is 4.13. The Kier molecular flexibility index (Phi) is 5.70. The third-order valence-corrected chi connectivity index (χ3v) is 4.46. The first-order valence-corrected chi connectivity index (χ1v) is 7.99. The van der Waals surface area contributed by atoms with Crippen molar-refractivity contribution in [2.24, 2.45) is 0 Å². The van der Waals surface area contributed by atoms with Crippen LogP contribution in [-0.2, 0) is 0 Å². The normalized spacial score (nSPS) is 13.8. The standard InChI is InChI=1S/C18H21ClFNO3/c1-9-5-10(2)18(24)7-11(9)16(22)3-4-17(23)12-6-15(21)13(19)8-14(12)20/h5-8,16-17,22-24H,3-4,21H2,1-2H3. The molecular formula is C18H21ClFNO3. The number of hydrogen-bond acceptors (Lipinski definition) is 4. The van der Waals surface area contributed by atoms with Gasteiger partial charge in [0.25, 0.3) is 0 Å². The summed E-state index contributed by atoms with van der Waals surface area (Å²) in [5.74, 6) is -0.535. The number of phenolic OH excluding ortho intramolecular Hbond substituents is 1. The molecule has 0 aliphatic rings. The summed E-state index contributed by atoms with van der Waals surface area (Å²) in [5, 5.41) is 30.4. The van der Waals surface area contributed by atoms with Crippen LogP contribution in [0.2, 0.25) is 5.02 Å². The highest BCUT2D eigenvalue weighted by molar-refractivity contribution is 6.33. The highest BCUT2D eigenvalue weighted by atomic mass is 35.5. The van der Waals surface area contributed by atoms with Crippen LogP contribution >= 0.6 is 11.6 Å². The molecular weight excluding hydrogens is 333 g/mol. The van der Waals surface area contributed by atoms with Gasteiger partial charge in [-0.3, -0.25) is 0 Å². The molecule has 6 heteroatoms. The summed E-state index contributed by atoms with van der Waals surface area (Å²) in [6.07, 6.45) is -1.66. The molecule has 0 spiro atoms. The third kappa shape index (κ3) is 3.98. The van der Waals surface area contributed by atoms with E-state index in [9.17, 15) is 19.7 Å². The van der Waals surface area contributed by atoms with Gasteiger partial charge in [0.05, 0.1) is 22.9 Å². The van der Waals surface area contributed by atoms with Gasteiger partial charge < -0.3 is 21.1 Å². The number of anilines is 1. The molecule has 130 valence electrons. The van der Waals surface area contributed by atoms with E-state index < -0.39 is 18.0 Å². The number of nitrogens with two attached hydrogens (primary N) is 1. The molecule has 0 aliphatic carbocycles. The molecule has 2 aromatic carbocycles. The number of nitrogen functional groups attached to an aromatic ring is 1. The van der Waals surface area contributed by atoms with E-state index in [0.717, 1.165) is 17.2 Å². The van der Waals surface area contributed by atoms with Crippen molar-refractivity contribution in [3.8, 4) is 5.75 Å². The number of rotatable bonds is 5. The molecule has 24 heavy (non-hydrogen) atoms. The van der Waals surface area contributed by atoms with Gasteiger partial charge in [-0.25, -0.2) is 4.39 Å². The number of hydrogen-bond donors (Lipinski definition) is 4. The molecule has 0 heterocycles. The van der Waals surface area contributed by atoms with Gasteiger partial charge in [0, 0.05) is 5.56 Å². The monoisotopic (exact) mass is 353 g/mol. The molecule has 0 radical (unpaired) electrons. The van der Waals surface area contributed by atoms with E-state index >= 15 is 0 Å².